The Bertz CT molecular complexity index is 849. The van der Waals surface area contributed by atoms with E-state index in [0.717, 1.165) is 29.5 Å². The second-order valence-corrected chi connectivity index (χ2v) is 5.78. The Morgan fingerprint density at radius 3 is 2.88 bits per heavy atom. The van der Waals surface area contributed by atoms with E-state index < -0.39 is 0 Å². The summed E-state index contributed by atoms with van der Waals surface area (Å²) in [7, 11) is 1.92. The quantitative estimate of drug-likeness (QED) is 0.548. The average molecular weight is 346 g/mol. The minimum Gasteiger partial charge on any atom is -0.357 e. The Kier molecular flexibility index (Phi) is 5.00. The van der Waals surface area contributed by atoms with Gasteiger partial charge in [-0.1, -0.05) is 11.6 Å². The van der Waals surface area contributed by atoms with Gasteiger partial charge in [0.05, 0.1) is 29.5 Å². The van der Waals surface area contributed by atoms with Crippen LogP contribution in [0, 0.1) is 0 Å². The highest BCUT2D eigenvalue weighted by atomic mass is 35.5. The smallest absolute Gasteiger partial charge is 0.191 e. The molecule has 3 aromatic rings. The van der Waals surface area contributed by atoms with E-state index in [2.05, 4.69) is 25.7 Å². The molecule has 0 bridgehead atoms. The fourth-order valence-electron chi connectivity index (χ4n) is 2.34. The van der Waals surface area contributed by atoms with Crippen molar-refractivity contribution in [3.05, 3.63) is 53.2 Å². The lowest BCUT2D eigenvalue weighted by molar-refractivity contribution is 0.684. The number of nitrogens with one attached hydrogen (secondary N) is 2. The molecule has 0 saturated carbocycles. The first-order chi connectivity index (χ1) is 11.7. The van der Waals surface area contributed by atoms with Gasteiger partial charge in [-0.05, 0) is 25.1 Å². The molecule has 0 aliphatic rings. The molecular formula is C16H20ClN7. The minimum atomic E-state index is 0.486. The lowest BCUT2D eigenvalue weighted by Gasteiger charge is -2.11. The predicted molar refractivity (Wildman–Crippen MR) is 95.1 cm³/mol. The van der Waals surface area contributed by atoms with Gasteiger partial charge in [0, 0.05) is 32.2 Å². The normalized spacial score (nSPS) is 11.9. The first-order valence-corrected chi connectivity index (χ1v) is 8.15. The highest BCUT2D eigenvalue weighted by molar-refractivity contribution is 6.30. The van der Waals surface area contributed by atoms with Crippen LogP contribution in [-0.2, 0) is 20.1 Å². The van der Waals surface area contributed by atoms with Crippen LogP contribution in [-0.4, -0.2) is 31.7 Å². The molecule has 7 nitrogen and oxygen atoms in total. The average Bonchev–Trinajstić information content (AvgIpc) is 3.15. The van der Waals surface area contributed by atoms with Gasteiger partial charge in [0.1, 0.15) is 5.65 Å². The number of hydrogen-bond acceptors (Lipinski definition) is 3. The van der Waals surface area contributed by atoms with Gasteiger partial charge in [0.15, 0.2) is 5.96 Å². The van der Waals surface area contributed by atoms with Crippen molar-refractivity contribution >= 4 is 23.2 Å². The first kappa shape index (κ1) is 16.3. The maximum atomic E-state index is 6.00. The number of imidazole rings is 1. The van der Waals surface area contributed by atoms with E-state index in [1.807, 2.05) is 53.6 Å². The van der Waals surface area contributed by atoms with Crippen LogP contribution in [0.3, 0.4) is 0 Å². The van der Waals surface area contributed by atoms with Crippen LogP contribution in [0.1, 0.15) is 18.3 Å². The molecule has 3 aromatic heterocycles. The number of nitrogens with zero attached hydrogens (tertiary/aromatic N) is 5. The molecule has 2 N–H and O–H groups in total. The van der Waals surface area contributed by atoms with Crippen LogP contribution < -0.4 is 10.6 Å². The molecule has 0 radical (unpaired) electrons. The number of halogens is 1. The summed E-state index contributed by atoms with van der Waals surface area (Å²) >= 11 is 6.00. The Morgan fingerprint density at radius 2 is 2.12 bits per heavy atom. The Morgan fingerprint density at radius 1 is 1.25 bits per heavy atom. The Labute approximate surface area is 145 Å². The van der Waals surface area contributed by atoms with Crippen molar-refractivity contribution in [1.29, 1.82) is 0 Å². The summed E-state index contributed by atoms with van der Waals surface area (Å²) in [5.74, 6) is 0.744. The number of hydrogen-bond donors (Lipinski definition) is 2. The summed E-state index contributed by atoms with van der Waals surface area (Å²) < 4.78 is 3.74. The highest BCUT2D eigenvalue weighted by Gasteiger charge is 2.04. The molecule has 0 aliphatic carbocycles. The number of aryl methyl sites for hydroxylation is 1. The van der Waals surface area contributed by atoms with Crippen LogP contribution in [0.25, 0.3) is 5.65 Å². The maximum absolute atomic E-state index is 6.00. The second-order valence-electron chi connectivity index (χ2n) is 5.34. The van der Waals surface area contributed by atoms with Crippen molar-refractivity contribution in [3.63, 3.8) is 0 Å². The van der Waals surface area contributed by atoms with Crippen molar-refractivity contribution in [2.45, 2.75) is 20.0 Å². The molecule has 0 spiro atoms. The van der Waals surface area contributed by atoms with E-state index in [1.54, 1.807) is 6.20 Å². The van der Waals surface area contributed by atoms with Crippen LogP contribution in [0.2, 0.25) is 5.02 Å². The second kappa shape index (κ2) is 7.35. The molecule has 126 valence electrons. The Hall–Kier alpha value is -2.54. The Balaban J connectivity index is 1.68. The molecule has 0 fully saturated rings. The van der Waals surface area contributed by atoms with Crippen LogP contribution in [0.4, 0.5) is 0 Å². The van der Waals surface area contributed by atoms with E-state index >= 15 is 0 Å². The van der Waals surface area contributed by atoms with E-state index in [0.29, 0.717) is 18.1 Å². The summed E-state index contributed by atoms with van der Waals surface area (Å²) in [5.41, 5.74) is 2.83. The van der Waals surface area contributed by atoms with Gasteiger partial charge in [-0.25, -0.2) is 9.98 Å². The minimum absolute atomic E-state index is 0.486. The van der Waals surface area contributed by atoms with Crippen LogP contribution in [0.15, 0.2) is 41.8 Å². The SMILES string of the molecule is CCNC(=NCc1cn2cc(Cl)ccc2n1)NCc1ccnn1C. The number of aliphatic imine (C=N–C) groups is 1. The number of fused-ring (bicyclic) bond motifs is 1. The summed E-state index contributed by atoms with van der Waals surface area (Å²) in [5, 5.41) is 11.4. The molecule has 0 atom stereocenters. The number of pyridine rings is 1. The molecular weight excluding hydrogens is 326 g/mol. The standard InChI is InChI=1S/C16H20ClN7/c1-3-18-16(20-9-14-6-7-21-23(14)2)19-8-13-11-24-10-12(17)4-5-15(24)22-13/h4-7,10-11H,3,8-9H2,1-2H3,(H2,18,19,20). The zero-order valence-electron chi connectivity index (χ0n) is 13.7. The number of rotatable bonds is 5. The summed E-state index contributed by atoms with van der Waals surface area (Å²) in [6.07, 6.45) is 5.56. The third kappa shape index (κ3) is 3.86. The van der Waals surface area contributed by atoms with Gasteiger partial charge < -0.3 is 15.0 Å². The third-order valence-corrected chi connectivity index (χ3v) is 3.79. The molecule has 0 aliphatic heterocycles. The van der Waals surface area contributed by atoms with E-state index in [9.17, 15) is 0 Å². The van der Waals surface area contributed by atoms with Crippen molar-refractivity contribution in [2.24, 2.45) is 12.0 Å². The highest BCUT2D eigenvalue weighted by Crippen LogP contribution is 2.12. The lowest BCUT2D eigenvalue weighted by atomic mass is 10.4. The molecule has 3 rings (SSSR count). The summed E-state index contributed by atoms with van der Waals surface area (Å²) in [4.78, 5) is 9.12. The third-order valence-electron chi connectivity index (χ3n) is 3.57. The zero-order valence-corrected chi connectivity index (χ0v) is 14.5. The monoisotopic (exact) mass is 345 g/mol. The van der Waals surface area contributed by atoms with Gasteiger partial charge >= 0.3 is 0 Å². The summed E-state index contributed by atoms with van der Waals surface area (Å²) in [6.45, 7) is 3.97. The lowest BCUT2D eigenvalue weighted by Crippen LogP contribution is -2.37. The van der Waals surface area contributed by atoms with Gasteiger partial charge in [-0.2, -0.15) is 5.10 Å². The molecule has 24 heavy (non-hydrogen) atoms. The van der Waals surface area contributed by atoms with E-state index in [1.165, 1.54) is 0 Å². The van der Waals surface area contributed by atoms with Gasteiger partial charge in [-0.15, -0.1) is 0 Å². The molecule has 0 saturated heterocycles. The fraction of sp³-hybridized carbons (Fsp3) is 0.312. The van der Waals surface area contributed by atoms with E-state index in [4.69, 9.17) is 11.6 Å². The molecule has 0 amide bonds. The molecule has 3 heterocycles. The van der Waals surface area contributed by atoms with Crippen molar-refractivity contribution in [1.82, 2.24) is 29.8 Å². The van der Waals surface area contributed by atoms with Crippen molar-refractivity contribution in [2.75, 3.05) is 6.54 Å². The molecule has 0 aromatic carbocycles. The van der Waals surface area contributed by atoms with Crippen molar-refractivity contribution < 1.29 is 0 Å². The van der Waals surface area contributed by atoms with E-state index in [-0.39, 0.29) is 0 Å². The summed E-state index contributed by atoms with van der Waals surface area (Å²) in [6, 6.07) is 5.69. The molecule has 0 unspecified atom stereocenters. The van der Waals surface area contributed by atoms with Crippen molar-refractivity contribution in [3.8, 4) is 0 Å². The van der Waals surface area contributed by atoms with Gasteiger partial charge in [0.25, 0.3) is 0 Å². The molecule has 8 heteroatoms. The fourth-order valence-corrected chi connectivity index (χ4v) is 2.51. The number of guanidine groups is 1. The van der Waals surface area contributed by atoms with Gasteiger partial charge in [0.2, 0.25) is 0 Å². The van der Waals surface area contributed by atoms with Gasteiger partial charge in [-0.3, -0.25) is 4.68 Å². The topological polar surface area (TPSA) is 71.5 Å². The van der Waals surface area contributed by atoms with Crippen LogP contribution >= 0.6 is 11.6 Å². The maximum Gasteiger partial charge on any atom is 0.191 e. The number of aromatic nitrogens is 4. The largest absolute Gasteiger partial charge is 0.357 e. The first-order valence-electron chi connectivity index (χ1n) is 7.78. The zero-order chi connectivity index (χ0) is 16.9. The van der Waals surface area contributed by atoms with Crippen LogP contribution in [0.5, 0.6) is 0 Å². The predicted octanol–water partition coefficient (Wildman–Crippen LogP) is 1.98.